The van der Waals surface area contributed by atoms with Gasteiger partial charge >= 0.3 is 41.6 Å². The second-order valence-electron chi connectivity index (χ2n) is 9.22. The Morgan fingerprint density at radius 2 is 1.82 bits per heavy atom. The fourth-order valence-electron chi connectivity index (χ4n) is 3.86. The smallest absolute Gasteiger partial charge is 0.745 e. The predicted molar refractivity (Wildman–Crippen MR) is 131 cm³/mol. The summed E-state index contributed by atoms with van der Waals surface area (Å²) in [6.07, 6.45) is -0.832. The Morgan fingerprint density at radius 1 is 1.16 bits per heavy atom. The first-order valence-electron chi connectivity index (χ1n) is 12.1. The van der Waals surface area contributed by atoms with Crippen LogP contribution in [0.4, 0.5) is 4.79 Å². The number of esters is 1. The van der Waals surface area contributed by atoms with Crippen LogP contribution in [-0.2, 0) is 40.6 Å². The topological polar surface area (TPSA) is 180 Å². The molecule has 12 nitrogen and oxygen atoms in total. The van der Waals surface area contributed by atoms with Crippen LogP contribution >= 0.6 is 0 Å². The maximum atomic E-state index is 13.2. The standard InChI is InChI=1S/C24H35N3O9S.Na/c1-4-20(28)36-23(37(32,33)34)19(13-17-10-11-25-21(17)29)26-22(30)18(12-15(2)3)27-24(31)35-14-16-8-6-5-7-9-16;/h5-9,15,17-19,23H,4,10-14H2,1-3H3,(H,25,29)(H,26,30)(H,27,31)(H,32,33,34);/q;+1/p-1/t17-,18-,19-,23?;/m0./s1. The van der Waals surface area contributed by atoms with Crippen molar-refractivity contribution in [3.8, 4) is 0 Å². The van der Waals surface area contributed by atoms with E-state index in [0.717, 1.165) is 5.56 Å². The van der Waals surface area contributed by atoms with Crippen molar-refractivity contribution in [3.63, 3.8) is 0 Å². The molecule has 0 aromatic heterocycles. The second kappa shape index (κ2) is 16.0. The first kappa shape index (κ1) is 33.8. The Bertz CT molecular complexity index is 1050. The molecular weight excluding hydrogens is 529 g/mol. The maximum Gasteiger partial charge on any atom is 1.00 e. The molecule has 0 aliphatic carbocycles. The zero-order valence-electron chi connectivity index (χ0n) is 22.1. The summed E-state index contributed by atoms with van der Waals surface area (Å²) in [5, 5.41) is 7.51. The van der Waals surface area contributed by atoms with E-state index < -0.39 is 51.5 Å². The van der Waals surface area contributed by atoms with Crippen LogP contribution in [0.3, 0.4) is 0 Å². The number of amides is 3. The first-order valence-corrected chi connectivity index (χ1v) is 13.6. The molecule has 3 amide bonds. The Balaban J connectivity index is 0.00000722. The van der Waals surface area contributed by atoms with Gasteiger partial charge in [0.25, 0.3) is 0 Å². The van der Waals surface area contributed by atoms with Gasteiger partial charge in [-0.3, -0.25) is 14.4 Å². The van der Waals surface area contributed by atoms with Gasteiger partial charge in [-0.05, 0) is 30.7 Å². The van der Waals surface area contributed by atoms with Crippen LogP contribution in [0.2, 0.25) is 0 Å². The van der Waals surface area contributed by atoms with Gasteiger partial charge in [-0.1, -0.05) is 51.1 Å². The summed E-state index contributed by atoms with van der Waals surface area (Å²) in [6.45, 7) is 5.35. The summed E-state index contributed by atoms with van der Waals surface area (Å²) in [7, 11) is -5.24. The van der Waals surface area contributed by atoms with Crippen LogP contribution in [-0.4, -0.2) is 60.9 Å². The van der Waals surface area contributed by atoms with Crippen molar-refractivity contribution < 1.29 is 71.2 Å². The second-order valence-corrected chi connectivity index (χ2v) is 10.7. The number of rotatable bonds is 13. The van der Waals surface area contributed by atoms with Gasteiger partial charge in [0.15, 0.2) is 0 Å². The van der Waals surface area contributed by atoms with Gasteiger partial charge < -0.3 is 30.0 Å². The fraction of sp³-hybridized carbons (Fsp3) is 0.583. The van der Waals surface area contributed by atoms with Crippen molar-refractivity contribution >= 4 is 34.0 Å². The molecule has 1 aromatic carbocycles. The van der Waals surface area contributed by atoms with E-state index >= 15 is 0 Å². The SMILES string of the molecule is CCC(=O)OC([C@H](C[C@@H]1CCNC1=O)NC(=O)[C@H](CC(C)C)NC(=O)OCc1ccccc1)S(=O)(=O)[O-].[Na+]. The Kier molecular flexibility index (Phi) is 14.3. The van der Waals surface area contributed by atoms with E-state index in [2.05, 4.69) is 16.0 Å². The number of hydrogen-bond donors (Lipinski definition) is 3. The number of carbonyl (C=O) groups excluding carboxylic acids is 4. The van der Waals surface area contributed by atoms with Crippen LogP contribution in [0.25, 0.3) is 0 Å². The minimum absolute atomic E-state index is 0. The molecule has 3 N–H and O–H groups in total. The van der Waals surface area contributed by atoms with Crippen molar-refractivity contribution in [1.29, 1.82) is 0 Å². The molecule has 4 atom stereocenters. The van der Waals surface area contributed by atoms with Crippen LogP contribution < -0.4 is 45.5 Å². The van der Waals surface area contributed by atoms with Gasteiger partial charge in [-0.25, -0.2) is 13.2 Å². The monoisotopic (exact) mass is 563 g/mol. The van der Waals surface area contributed by atoms with E-state index in [1.165, 1.54) is 6.92 Å². The van der Waals surface area contributed by atoms with Gasteiger partial charge in [-0.15, -0.1) is 0 Å². The average molecular weight is 564 g/mol. The van der Waals surface area contributed by atoms with E-state index in [9.17, 15) is 32.1 Å². The molecule has 1 heterocycles. The zero-order chi connectivity index (χ0) is 27.6. The third kappa shape index (κ3) is 11.3. The number of nitrogens with one attached hydrogen (secondary N) is 3. The third-order valence-electron chi connectivity index (χ3n) is 5.71. The predicted octanol–water partition coefficient (Wildman–Crippen LogP) is -1.83. The van der Waals surface area contributed by atoms with E-state index in [1.807, 2.05) is 19.9 Å². The summed E-state index contributed by atoms with van der Waals surface area (Å²) in [5.74, 6) is -2.91. The molecule has 2 rings (SSSR count). The number of alkyl carbamates (subject to hydrolysis) is 1. The van der Waals surface area contributed by atoms with Crippen molar-refractivity contribution in [2.24, 2.45) is 11.8 Å². The van der Waals surface area contributed by atoms with Crippen molar-refractivity contribution in [1.82, 2.24) is 16.0 Å². The average Bonchev–Trinajstić information content (AvgIpc) is 3.24. The van der Waals surface area contributed by atoms with Crippen LogP contribution in [0.15, 0.2) is 30.3 Å². The van der Waals surface area contributed by atoms with Gasteiger partial charge in [0, 0.05) is 18.9 Å². The Hall–Kier alpha value is -2.19. The van der Waals surface area contributed by atoms with E-state index in [1.54, 1.807) is 24.3 Å². The molecule has 1 aliphatic rings. The molecule has 206 valence electrons. The number of ether oxygens (including phenoxy) is 2. The zero-order valence-corrected chi connectivity index (χ0v) is 24.9. The molecule has 0 radical (unpaired) electrons. The van der Waals surface area contributed by atoms with Gasteiger partial charge in [0.05, 0.1) is 6.04 Å². The Labute approximate surface area is 245 Å². The molecule has 1 fully saturated rings. The third-order valence-corrected chi connectivity index (χ3v) is 6.70. The van der Waals surface area contributed by atoms with Crippen LogP contribution in [0.5, 0.6) is 0 Å². The summed E-state index contributed by atoms with van der Waals surface area (Å²) in [5.41, 5.74) is -1.51. The molecular formula is C24H34N3NaO9S. The first-order chi connectivity index (χ1) is 17.4. The van der Waals surface area contributed by atoms with E-state index in [4.69, 9.17) is 9.47 Å². The minimum atomic E-state index is -5.24. The molecule has 38 heavy (non-hydrogen) atoms. The van der Waals surface area contributed by atoms with Gasteiger partial charge in [0.1, 0.15) is 22.8 Å². The molecule has 0 spiro atoms. The fourth-order valence-corrected chi connectivity index (χ4v) is 4.67. The van der Waals surface area contributed by atoms with Crippen molar-refractivity contribution in [3.05, 3.63) is 35.9 Å². The molecule has 1 saturated heterocycles. The minimum Gasteiger partial charge on any atom is -0.745 e. The van der Waals surface area contributed by atoms with Crippen molar-refractivity contribution in [2.75, 3.05) is 6.54 Å². The molecule has 0 saturated carbocycles. The molecule has 1 aromatic rings. The number of carbonyl (C=O) groups is 4. The molecule has 1 unspecified atom stereocenters. The largest absolute Gasteiger partial charge is 1.00 e. The van der Waals surface area contributed by atoms with Gasteiger partial charge in [0.2, 0.25) is 17.3 Å². The maximum absolute atomic E-state index is 13.2. The van der Waals surface area contributed by atoms with E-state index in [0.29, 0.717) is 13.0 Å². The van der Waals surface area contributed by atoms with E-state index in [-0.39, 0.29) is 67.3 Å². The van der Waals surface area contributed by atoms with Crippen LogP contribution in [0.1, 0.15) is 52.0 Å². The summed E-state index contributed by atoms with van der Waals surface area (Å²) < 4.78 is 46.2. The van der Waals surface area contributed by atoms with Gasteiger partial charge in [-0.2, -0.15) is 0 Å². The normalized spacial score (nSPS) is 17.4. The number of hydrogen-bond acceptors (Lipinski definition) is 9. The molecule has 1 aliphatic heterocycles. The molecule has 14 heteroatoms. The summed E-state index contributed by atoms with van der Waals surface area (Å²) >= 11 is 0. The Morgan fingerprint density at radius 3 is 2.34 bits per heavy atom. The quantitative estimate of drug-likeness (QED) is 0.141. The summed E-state index contributed by atoms with van der Waals surface area (Å²) in [4.78, 5) is 49.6. The molecule has 0 bridgehead atoms. The summed E-state index contributed by atoms with van der Waals surface area (Å²) in [6, 6.07) is 6.22. The van der Waals surface area contributed by atoms with Crippen molar-refractivity contribution in [2.45, 2.75) is 70.6 Å². The van der Waals surface area contributed by atoms with Crippen LogP contribution in [0, 0.1) is 11.8 Å². The number of benzene rings is 1.